The molecular weight excluding hydrogens is 236 g/mol. The molecule has 8 nitrogen and oxygen atoms in total. The van der Waals surface area contributed by atoms with Gasteiger partial charge in [-0.3, -0.25) is 4.79 Å². The summed E-state index contributed by atoms with van der Waals surface area (Å²) in [6.07, 6.45) is 1.39. The molecule has 0 radical (unpaired) electrons. The Bertz CT molecular complexity index is 539. The number of nitrogen functional groups attached to an aromatic ring is 1. The van der Waals surface area contributed by atoms with E-state index in [0.717, 1.165) is 11.3 Å². The molecule has 0 bridgehead atoms. The number of nitrogens with zero attached hydrogens (tertiary/aromatic N) is 4. The van der Waals surface area contributed by atoms with Gasteiger partial charge >= 0.3 is 0 Å². The van der Waals surface area contributed by atoms with Crippen LogP contribution in [0.2, 0.25) is 0 Å². The molecule has 1 amide bonds. The van der Waals surface area contributed by atoms with Gasteiger partial charge in [0.2, 0.25) is 5.91 Å². The van der Waals surface area contributed by atoms with Crippen molar-refractivity contribution in [2.45, 2.75) is 26.9 Å². The molecule has 0 aliphatic heterocycles. The predicted molar refractivity (Wildman–Crippen MR) is 62.3 cm³/mol. The van der Waals surface area contributed by atoms with Crippen LogP contribution in [0.15, 0.2) is 10.7 Å². The summed E-state index contributed by atoms with van der Waals surface area (Å²) in [7, 11) is 0. The molecule has 0 saturated carbocycles. The van der Waals surface area contributed by atoms with Gasteiger partial charge in [0.1, 0.15) is 12.3 Å². The van der Waals surface area contributed by atoms with Crippen molar-refractivity contribution < 1.29 is 9.32 Å². The average Bonchev–Trinajstić information content (AvgIpc) is 2.84. The summed E-state index contributed by atoms with van der Waals surface area (Å²) in [5.41, 5.74) is 7.06. The Kier molecular flexibility index (Phi) is 3.26. The van der Waals surface area contributed by atoms with E-state index in [1.165, 1.54) is 11.0 Å². The van der Waals surface area contributed by atoms with Crippen LogP contribution in [-0.4, -0.2) is 26.1 Å². The van der Waals surface area contributed by atoms with Crippen molar-refractivity contribution in [1.29, 1.82) is 0 Å². The monoisotopic (exact) mass is 250 g/mol. The summed E-state index contributed by atoms with van der Waals surface area (Å²) >= 11 is 0. The first-order chi connectivity index (χ1) is 8.56. The van der Waals surface area contributed by atoms with Crippen molar-refractivity contribution in [1.82, 2.24) is 25.5 Å². The molecule has 3 N–H and O–H groups in total. The highest BCUT2D eigenvalue weighted by Crippen LogP contribution is 2.11. The molecule has 0 aliphatic carbocycles. The van der Waals surface area contributed by atoms with Crippen molar-refractivity contribution in [2.75, 3.05) is 5.73 Å². The maximum atomic E-state index is 11.6. The summed E-state index contributed by atoms with van der Waals surface area (Å²) in [5, 5.41) is 14.2. The number of aromatic nitrogens is 4. The highest BCUT2D eigenvalue weighted by Gasteiger charge is 2.11. The highest BCUT2D eigenvalue weighted by atomic mass is 16.5. The van der Waals surface area contributed by atoms with E-state index in [-0.39, 0.29) is 18.3 Å². The molecule has 8 heteroatoms. The largest absolute Gasteiger partial charge is 0.381 e. The fourth-order valence-electron chi connectivity index (χ4n) is 1.51. The molecule has 2 aromatic heterocycles. The zero-order valence-electron chi connectivity index (χ0n) is 10.2. The van der Waals surface area contributed by atoms with Gasteiger partial charge in [-0.15, -0.1) is 5.10 Å². The third-order valence-corrected chi connectivity index (χ3v) is 2.48. The van der Waals surface area contributed by atoms with E-state index < -0.39 is 0 Å². The van der Waals surface area contributed by atoms with Crippen LogP contribution in [0.3, 0.4) is 0 Å². The number of anilines is 1. The van der Waals surface area contributed by atoms with Crippen LogP contribution in [0, 0.1) is 13.8 Å². The number of carbonyl (C=O) groups excluding carboxylic acids is 1. The third kappa shape index (κ3) is 2.65. The molecule has 18 heavy (non-hydrogen) atoms. The first kappa shape index (κ1) is 12.1. The lowest BCUT2D eigenvalue weighted by Crippen LogP contribution is -2.28. The third-order valence-electron chi connectivity index (χ3n) is 2.48. The van der Waals surface area contributed by atoms with Crippen LogP contribution in [0.5, 0.6) is 0 Å². The Morgan fingerprint density at radius 3 is 2.89 bits per heavy atom. The maximum absolute atomic E-state index is 11.6. The molecule has 2 aromatic rings. The number of nitrogens with two attached hydrogens (primary N) is 1. The molecule has 0 fully saturated rings. The van der Waals surface area contributed by atoms with E-state index in [9.17, 15) is 4.79 Å². The van der Waals surface area contributed by atoms with Crippen molar-refractivity contribution in [3.63, 3.8) is 0 Å². The van der Waals surface area contributed by atoms with Crippen molar-refractivity contribution in [2.24, 2.45) is 0 Å². The summed E-state index contributed by atoms with van der Waals surface area (Å²) in [5.74, 6) is 0.786. The molecule has 0 aromatic carbocycles. The SMILES string of the molecule is Cc1noc(C)c1CNC(=O)Cn1ncc(N)n1. The van der Waals surface area contributed by atoms with Gasteiger partial charge < -0.3 is 15.6 Å². The molecule has 2 heterocycles. The van der Waals surface area contributed by atoms with Crippen LogP contribution < -0.4 is 11.1 Å². The normalized spacial score (nSPS) is 10.6. The van der Waals surface area contributed by atoms with Gasteiger partial charge in [-0.05, 0) is 13.8 Å². The van der Waals surface area contributed by atoms with Gasteiger partial charge in [-0.1, -0.05) is 5.16 Å². The molecule has 96 valence electrons. The van der Waals surface area contributed by atoms with Crippen molar-refractivity contribution in [3.05, 3.63) is 23.2 Å². The van der Waals surface area contributed by atoms with E-state index in [1.807, 2.05) is 6.92 Å². The Hall–Kier alpha value is -2.38. The molecular formula is C10H14N6O2. The molecule has 0 aliphatic rings. The Morgan fingerprint density at radius 2 is 2.33 bits per heavy atom. The van der Waals surface area contributed by atoms with E-state index in [0.29, 0.717) is 12.3 Å². The molecule has 0 atom stereocenters. The minimum absolute atomic E-state index is 0.0283. The molecule has 0 spiro atoms. The quantitative estimate of drug-likeness (QED) is 0.776. The maximum Gasteiger partial charge on any atom is 0.243 e. The summed E-state index contributed by atoms with van der Waals surface area (Å²) in [6, 6.07) is 0. The lowest BCUT2D eigenvalue weighted by atomic mass is 10.2. The van der Waals surface area contributed by atoms with Crippen LogP contribution in [0.1, 0.15) is 17.0 Å². The fourth-order valence-corrected chi connectivity index (χ4v) is 1.51. The number of carbonyl (C=O) groups is 1. The standard InChI is InChI=1S/C10H14N6O2/c1-6-8(7(2)18-15-6)3-12-10(17)5-16-13-4-9(11)14-16/h4H,3,5H2,1-2H3,(H2,11,14)(H,12,17). The van der Waals surface area contributed by atoms with Crippen LogP contribution in [0.4, 0.5) is 5.82 Å². The first-order valence-electron chi connectivity index (χ1n) is 5.40. The van der Waals surface area contributed by atoms with E-state index in [1.54, 1.807) is 6.92 Å². The van der Waals surface area contributed by atoms with Crippen LogP contribution >= 0.6 is 0 Å². The lowest BCUT2D eigenvalue weighted by molar-refractivity contribution is -0.122. The minimum atomic E-state index is -0.203. The van der Waals surface area contributed by atoms with E-state index >= 15 is 0 Å². The highest BCUT2D eigenvalue weighted by molar-refractivity contribution is 5.75. The van der Waals surface area contributed by atoms with Crippen LogP contribution in [0.25, 0.3) is 0 Å². The zero-order valence-corrected chi connectivity index (χ0v) is 10.2. The predicted octanol–water partition coefficient (Wildman–Crippen LogP) is -0.218. The number of nitrogens with one attached hydrogen (secondary N) is 1. The fraction of sp³-hybridized carbons (Fsp3) is 0.400. The Balaban J connectivity index is 1.89. The second-order valence-corrected chi connectivity index (χ2v) is 3.88. The number of aryl methyl sites for hydroxylation is 2. The summed E-state index contributed by atoms with van der Waals surface area (Å²) in [6.45, 7) is 4.03. The van der Waals surface area contributed by atoms with E-state index in [4.69, 9.17) is 10.3 Å². The molecule has 2 rings (SSSR count). The number of rotatable bonds is 4. The first-order valence-corrected chi connectivity index (χ1v) is 5.40. The van der Waals surface area contributed by atoms with Gasteiger partial charge in [0.05, 0.1) is 11.9 Å². The molecule has 0 saturated heterocycles. The van der Waals surface area contributed by atoms with Gasteiger partial charge in [0.15, 0.2) is 5.82 Å². The topological polar surface area (TPSA) is 112 Å². The van der Waals surface area contributed by atoms with Crippen molar-refractivity contribution in [3.8, 4) is 0 Å². The number of hydrogen-bond acceptors (Lipinski definition) is 6. The van der Waals surface area contributed by atoms with Gasteiger partial charge in [-0.2, -0.15) is 9.90 Å². The second-order valence-electron chi connectivity index (χ2n) is 3.88. The summed E-state index contributed by atoms with van der Waals surface area (Å²) in [4.78, 5) is 12.9. The Morgan fingerprint density at radius 1 is 1.56 bits per heavy atom. The van der Waals surface area contributed by atoms with Crippen LogP contribution in [-0.2, 0) is 17.9 Å². The average molecular weight is 250 g/mol. The van der Waals surface area contributed by atoms with Gasteiger partial charge in [-0.25, -0.2) is 0 Å². The minimum Gasteiger partial charge on any atom is -0.381 e. The second kappa shape index (κ2) is 4.86. The molecule has 0 unspecified atom stereocenters. The lowest BCUT2D eigenvalue weighted by Gasteiger charge is -2.04. The Labute approximate surface area is 103 Å². The van der Waals surface area contributed by atoms with E-state index in [2.05, 4.69) is 20.7 Å². The number of hydrogen-bond donors (Lipinski definition) is 2. The van der Waals surface area contributed by atoms with Gasteiger partial charge in [0.25, 0.3) is 0 Å². The van der Waals surface area contributed by atoms with Gasteiger partial charge in [0, 0.05) is 12.1 Å². The zero-order chi connectivity index (χ0) is 13.1. The smallest absolute Gasteiger partial charge is 0.243 e. The number of amides is 1. The van der Waals surface area contributed by atoms with Crippen molar-refractivity contribution >= 4 is 11.7 Å². The summed E-state index contributed by atoms with van der Waals surface area (Å²) < 4.78 is 5.00.